The van der Waals surface area contributed by atoms with Gasteiger partial charge in [0.25, 0.3) is 0 Å². The molecule has 0 radical (unpaired) electrons. The van der Waals surface area contributed by atoms with Gasteiger partial charge in [0.15, 0.2) is 0 Å². The van der Waals surface area contributed by atoms with Gasteiger partial charge >= 0.3 is 12.0 Å². The highest BCUT2D eigenvalue weighted by molar-refractivity contribution is 6.01. The second-order valence-electron chi connectivity index (χ2n) is 5.75. The molecule has 134 valence electrons. The second kappa shape index (κ2) is 8.27. The van der Waals surface area contributed by atoms with Gasteiger partial charge in [0, 0.05) is 26.6 Å². The van der Waals surface area contributed by atoms with E-state index in [2.05, 4.69) is 10.1 Å². The van der Waals surface area contributed by atoms with Crippen LogP contribution in [0.4, 0.5) is 4.79 Å². The van der Waals surface area contributed by atoms with Crippen LogP contribution in [0.2, 0.25) is 0 Å². The number of likely N-dealkylation sites (N-methyl/N-ethyl adjacent to an activating group) is 1. The summed E-state index contributed by atoms with van der Waals surface area (Å²) in [7, 11) is 2.89. The van der Waals surface area contributed by atoms with E-state index in [1.165, 1.54) is 16.9 Å². The zero-order valence-electron chi connectivity index (χ0n) is 14.3. The highest BCUT2D eigenvalue weighted by Crippen LogP contribution is 2.09. The van der Waals surface area contributed by atoms with Gasteiger partial charge in [-0.2, -0.15) is 0 Å². The first-order valence-electron chi connectivity index (χ1n) is 7.91. The number of hydrogen-bond donors (Lipinski definition) is 1. The number of urea groups is 1. The molecule has 1 aromatic carbocycles. The number of carbonyl (C=O) groups excluding carboxylic acids is 4. The zero-order chi connectivity index (χ0) is 18.4. The van der Waals surface area contributed by atoms with Crippen LogP contribution in [0.3, 0.4) is 0 Å². The molecule has 1 aliphatic rings. The van der Waals surface area contributed by atoms with Crippen molar-refractivity contribution < 1.29 is 23.9 Å². The lowest BCUT2D eigenvalue weighted by Crippen LogP contribution is -2.33. The Morgan fingerprint density at radius 1 is 1.20 bits per heavy atom. The fraction of sp³-hybridized carbons (Fsp3) is 0.412. The number of esters is 1. The number of hydrogen-bond acceptors (Lipinski definition) is 5. The molecule has 2 rings (SSSR count). The van der Waals surface area contributed by atoms with Crippen LogP contribution >= 0.6 is 0 Å². The summed E-state index contributed by atoms with van der Waals surface area (Å²) in [5.74, 6) is -0.810. The third-order valence-electron chi connectivity index (χ3n) is 3.88. The van der Waals surface area contributed by atoms with Crippen LogP contribution in [0, 0.1) is 0 Å². The largest absolute Gasteiger partial charge is 0.465 e. The fourth-order valence-electron chi connectivity index (χ4n) is 2.45. The van der Waals surface area contributed by atoms with Gasteiger partial charge in [-0.15, -0.1) is 0 Å². The van der Waals surface area contributed by atoms with Gasteiger partial charge in [0.2, 0.25) is 11.8 Å². The first-order chi connectivity index (χ1) is 11.9. The highest BCUT2D eigenvalue weighted by atomic mass is 16.5. The summed E-state index contributed by atoms with van der Waals surface area (Å²) < 4.78 is 4.62. The molecule has 1 N–H and O–H groups in total. The Hall–Kier alpha value is -2.90. The molecule has 8 nitrogen and oxygen atoms in total. The van der Waals surface area contributed by atoms with Crippen LogP contribution in [-0.4, -0.2) is 60.9 Å². The standard InChI is InChI=1S/C17H21N3O5/c1-19-11-15(22)20(17(19)24)9-3-4-14(21)18-10-12-5-7-13(8-6-12)16(23)25-2/h5-8H,3-4,9-11H2,1-2H3,(H,18,21). The van der Waals surface area contributed by atoms with E-state index >= 15 is 0 Å². The van der Waals surface area contributed by atoms with Crippen LogP contribution in [-0.2, 0) is 20.9 Å². The Morgan fingerprint density at radius 2 is 1.88 bits per heavy atom. The highest BCUT2D eigenvalue weighted by Gasteiger charge is 2.32. The molecule has 0 aromatic heterocycles. The zero-order valence-corrected chi connectivity index (χ0v) is 14.3. The minimum absolute atomic E-state index is 0.0899. The Bertz CT molecular complexity index is 671. The van der Waals surface area contributed by atoms with E-state index in [9.17, 15) is 19.2 Å². The summed E-state index contributed by atoms with van der Waals surface area (Å²) in [5, 5.41) is 2.76. The molecule has 1 heterocycles. The maximum absolute atomic E-state index is 11.9. The third-order valence-corrected chi connectivity index (χ3v) is 3.88. The van der Waals surface area contributed by atoms with E-state index in [0.29, 0.717) is 18.5 Å². The molecule has 0 spiro atoms. The van der Waals surface area contributed by atoms with Crippen molar-refractivity contribution in [2.75, 3.05) is 27.2 Å². The van der Waals surface area contributed by atoms with Crippen molar-refractivity contribution in [2.45, 2.75) is 19.4 Å². The van der Waals surface area contributed by atoms with Crippen molar-refractivity contribution in [1.82, 2.24) is 15.1 Å². The number of nitrogens with zero attached hydrogens (tertiary/aromatic N) is 2. The topological polar surface area (TPSA) is 96.0 Å². The maximum atomic E-state index is 11.9. The number of methoxy groups -OCH3 is 1. The number of nitrogens with one attached hydrogen (secondary N) is 1. The fourth-order valence-corrected chi connectivity index (χ4v) is 2.45. The summed E-state index contributed by atoms with van der Waals surface area (Å²) in [6.45, 7) is 0.667. The van der Waals surface area contributed by atoms with Gasteiger partial charge in [-0.05, 0) is 24.1 Å². The third kappa shape index (κ3) is 4.79. The average molecular weight is 347 g/mol. The Labute approximate surface area is 145 Å². The quantitative estimate of drug-likeness (QED) is 0.580. The lowest BCUT2D eigenvalue weighted by molar-refractivity contribution is -0.126. The maximum Gasteiger partial charge on any atom is 0.337 e. The number of amides is 4. The Morgan fingerprint density at radius 3 is 2.44 bits per heavy atom. The van der Waals surface area contributed by atoms with E-state index in [1.54, 1.807) is 31.3 Å². The lowest BCUT2D eigenvalue weighted by Gasteiger charge is -2.13. The first kappa shape index (κ1) is 18.4. The van der Waals surface area contributed by atoms with Gasteiger partial charge in [-0.1, -0.05) is 12.1 Å². The van der Waals surface area contributed by atoms with Gasteiger partial charge in [-0.25, -0.2) is 9.59 Å². The molecule has 25 heavy (non-hydrogen) atoms. The Kier molecular flexibility index (Phi) is 6.10. The minimum Gasteiger partial charge on any atom is -0.465 e. The first-order valence-corrected chi connectivity index (χ1v) is 7.91. The predicted octanol–water partition coefficient (Wildman–Crippen LogP) is 0.764. The molecule has 0 bridgehead atoms. The summed E-state index contributed by atoms with van der Waals surface area (Å²) in [4.78, 5) is 49.0. The molecule has 1 aliphatic heterocycles. The number of imide groups is 1. The molecule has 1 fully saturated rings. The van der Waals surface area contributed by atoms with Crippen molar-refractivity contribution in [3.63, 3.8) is 0 Å². The summed E-state index contributed by atoms with van der Waals surface area (Å²) in [5.41, 5.74) is 1.30. The second-order valence-corrected chi connectivity index (χ2v) is 5.75. The molecule has 0 saturated carbocycles. The Balaban J connectivity index is 1.71. The van der Waals surface area contributed by atoms with E-state index in [4.69, 9.17) is 0 Å². The molecule has 1 saturated heterocycles. The van der Waals surface area contributed by atoms with Crippen LogP contribution < -0.4 is 5.32 Å². The number of carbonyl (C=O) groups is 4. The molecule has 0 unspecified atom stereocenters. The summed E-state index contributed by atoms with van der Waals surface area (Å²) >= 11 is 0. The van der Waals surface area contributed by atoms with Crippen molar-refractivity contribution >= 4 is 23.8 Å². The van der Waals surface area contributed by atoms with Crippen molar-refractivity contribution in [3.05, 3.63) is 35.4 Å². The normalized spacial score (nSPS) is 14.0. The van der Waals surface area contributed by atoms with E-state index in [-0.39, 0.29) is 37.4 Å². The van der Waals surface area contributed by atoms with E-state index in [0.717, 1.165) is 5.56 Å². The molecule has 1 aromatic rings. The van der Waals surface area contributed by atoms with Crippen molar-refractivity contribution in [2.24, 2.45) is 0 Å². The molecule has 8 heteroatoms. The molecule has 0 aliphatic carbocycles. The van der Waals surface area contributed by atoms with Crippen molar-refractivity contribution in [3.8, 4) is 0 Å². The number of ether oxygens (including phenoxy) is 1. The van der Waals surface area contributed by atoms with Gasteiger partial charge < -0.3 is 15.0 Å². The SMILES string of the molecule is COC(=O)c1ccc(CNC(=O)CCCN2C(=O)CN(C)C2=O)cc1. The average Bonchev–Trinajstić information content (AvgIpc) is 2.85. The van der Waals surface area contributed by atoms with E-state index < -0.39 is 5.97 Å². The van der Waals surface area contributed by atoms with Crippen LogP contribution in [0.25, 0.3) is 0 Å². The molecule has 0 atom stereocenters. The number of benzene rings is 1. The summed E-state index contributed by atoms with van der Waals surface area (Å²) in [6.07, 6.45) is 0.638. The van der Waals surface area contributed by atoms with Crippen LogP contribution in [0.5, 0.6) is 0 Å². The molecular weight excluding hydrogens is 326 g/mol. The van der Waals surface area contributed by atoms with Crippen molar-refractivity contribution in [1.29, 1.82) is 0 Å². The smallest absolute Gasteiger partial charge is 0.337 e. The van der Waals surface area contributed by atoms with E-state index in [1.807, 2.05) is 0 Å². The summed E-state index contributed by atoms with van der Waals surface area (Å²) in [6, 6.07) is 6.42. The minimum atomic E-state index is -0.410. The predicted molar refractivity (Wildman–Crippen MR) is 88.6 cm³/mol. The molecular formula is C17H21N3O5. The van der Waals surface area contributed by atoms with Crippen LogP contribution in [0.15, 0.2) is 24.3 Å². The van der Waals surface area contributed by atoms with Gasteiger partial charge in [-0.3, -0.25) is 14.5 Å². The van der Waals surface area contributed by atoms with Gasteiger partial charge in [0.1, 0.15) is 6.54 Å². The monoisotopic (exact) mass is 347 g/mol. The van der Waals surface area contributed by atoms with Crippen LogP contribution in [0.1, 0.15) is 28.8 Å². The molecule has 4 amide bonds. The number of rotatable bonds is 7. The lowest BCUT2D eigenvalue weighted by atomic mass is 10.1. The van der Waals surface area contributed by atoms with Gasteiger partial charge in [0.05, 0.1) is 12.7 Å².